The first-order chi connectivity index (χ1) is 8.56. The van der Waals surface area contributed by atoms with Gasteiger partial charge in [0, 0.05) is 23.4 Å². The zero-order valence-electron chi connectivity index (χ0n) is 11.4. The van der Waals surface area contributed by atoms with E-state index in [4.69, 9.17) is 4.42 Å². The summed E-state index contributed by atoms with van der Waals surface area (Å²) >= 11 is 1.78. The Morgan fingerprint density at radius 2 is 2.17 bits per heavy atom. The van der Waals surface area contributed by atoms with Crippen molar-refractivity contribution in [3.8, 4) is 0 Å². The molecule has 0 spiro atoms. The smallest absolute Gasteiger partial charge is 0.105 e. The van der Waals surface area contributed by atoms with Gasteiger partial charge in [0.05, 0.1) is 17.0 Å². The average molecular weight is 264 g/mol. The van der Waals surface area contributed by atoms with Crippen molar-refractivity contribution in [2.24, 2.45) is 0 Å². The Hall–Kier alpha value is -1.13. The van der Waals surface area contributed by atoms with Crippen LogP contribution in [0.3, 0.4) is 0 Å². The first-order valence-corrected chi connectivity index (χ1v) is 7.10. The summed E-state index contributed by atoms with van der Waals surface area (Å²) in [7, 11) is 0. The Morgan fingerprint density at radius 3 is 2.72 bits per heavy atom. The molecule has 4 heteroatoms. The van der Waals surface area contributed by atoms with Gasteiger partial charge in [0.15, 0.2) is 0 Å². The number of hydrogen-bond donors (Lipinski definition) is 1. The molecule has 98 valence electrons. The average Bonchev–Trinajstić information content (AvgIpc) is 2.88. The van der Waals surface area contributed by atoms with Crippen LogP contribution in [0.2, 0.25) is 0 Å². The number of rotatable bonds is 5. The fraction of sp³-hybridized carbons (Fsp3) is 0.500. The predicted octanol–water partition coefficient (Wildman–Crippen LogP) is 3.63. The number of thiazole rings is 1. The van der Waals surface area contributed by atoms with Crippen LogP contribution in [0.1, 0.15) is 41.2 Å². The van der Waals surface area contributed by atoms with E-state index >= 15 is 0 Å². The number of aryl methyl sites for hydroxylation is 2. The minimum Gasteiger partial charge on any atom is -0.469 e. The summed E-state index contributed by atoms with van der Waals surface area (Å²) in [6.07, 6.45) is 2.64. The van der Waals surface area contributed by atoms with Crippen molar-refractivity contribution in [1.29, 1.82) is 0 Å². The molecule has 0 aliphatic carbocycles. The van der Waals surface area contributed by atoms with E-state index in [-0.39, 0.29) is 0 Å². The van der Waals surface area contributed by atoms with Gasteiger partial charge in [-0.2, -0.15) is 0 Å². The maximum absolute atomic E-state index is 5.37. The van der Waals surface area contributed by atoms with Gasteiger partial charge in [-0.05, 0) is 39.8 Å². The zero-order valence-corrected chi connectivity index (χ0v) is 12.2. The molecule has 0 aliphatic heterocycles. The first kappa shape index (κ1) is 13.3. The summed E-state index contributed by atoms with van der Waals surface area (Å²) in [4.78, 5) is 5.81. The predicted molar refractivity (Wildman–Crippen MR) is 75.0 cm³/mol. The third kappa shape index (κ3) is 3.21. The normalized spacial score (nSPS) is 14.7. The van der Waals surface area contributed by atoms with Gasteiger partial charge in [0.1, 0.15) is 5.76 Å². The van der Waals surface area contributed by atoms with Gasteiger partial charge in [-0.1, -0.05) is 0 Å². The Balaban J connectivity index is 1.94. The fourth-order valence-corrected chi connectivity index (χ4v) is 3.18. The van der Waals surface area contributed by atoms with E-state index in [2.05, 4.69) is 38.0 Å². The van der Waals surface area contributed by atoms with Gasteiger partial charge in [-0.25, -0.2) is 4.98 Å². The van der Waals surface area contributed by atoms with Crippen LogP contribution in [-0.2, 0) is 6.42 Å². The van der Waals surface area contributed by atoms with Crippen molar-refractivity contribution in [2.75, 3.05) is 0 Å². The lowest BCUT2D eigenvalue weighted by molar-refractivity contribution is 0.430. The van der Waals surface area contributed by atoms with Crippen molar-refractivity contribution in [3.05, 3.63) is 39.7 Å². The molecule has 0 bridgehead atoms. The summed E-state index contributed by atoms with van der Waals surface area (Å²) in [6.45, 7) is 8.51. The van der Waals surface area contributed by atoms with Crippen molar-refractivity contribution < 1.29 is 4.42 Å². The molecule has 2 aromatic heterocycles. The highest BCUT2D eigenvalue weighted by atomic mass is 32.1. The Kier molecular flexibility index (Phi) is 4.19. The summed E-state index contributed by atoms with van der Waals surface area (Å²) < 4.78 is 5.37. The molecule has 2 aromatic rings. The van der Waals surface area contributed by atoms with Gasteiger partial charge in [-0.3, -0.25) is 0 Å². The Bertz CT molecular complexity index is 490. The Morgan fingerprint density at radius 1 is 1.39 bits per heavy atom. The maximum atomic E-state index is 5.37. The summed E-state index contributed by atoms with van der Waals surface area (Å²) in [6, 6.07) is 4.67. The van der Waals surface area contributed by atoms with Crippen molar-refractivity contribution in [3.63, 3.8) is 0 Å². The topological polar surface area (TPSA) is 38.1 Å². The van der Waals surface area contributed by atoms with Gasteiger partial charge in [0.2, 0.25) is 0 Å². The van der Waals surface area contributed by atoms with Crippen LogP contribution in [0.15, 0.2) is 22.8 Å². The standard InChI is InChI=1S/C14H20N2OS/c1-9(8-13-6-5-7-17-13)15-10(2)14-11(3)16-12(4)18-14/h5-7,9-10,15H,8H2,1-4H3. The lowest BCUT2D eigenvalue weighted by atomic mass is 10.1. The third-order valence-corrected chi connectivity index (χ3v) is 4.21. The van der Waals surface area contributed by atoms with E-state index < -0.39 is 0 Å². The van der Waals surface area contributed by atoms with Gasteiger partial charge in [0.25, 0.3) is 0 Å². The largest absolute Gasteiger partial charge is 0.469 e. The van der Waals surface area contributed by atoms with Crippen LogP contribution >= 0.6 is 11.3 Å². The molecule has 18 heavy (non-hydrogen) atoms. The lowest BCUT2D eigenvalue weighted by Gasteiger charge is -2.18. The van der Waals surface area contributed by atoms with E-state index in [0.717, 1.165) is 22.9 Å². The first-order valence-electron chi connectivity index (χ1n) is 6.28. The molecule has 0 aliphatic rings. The molecule has 3 nitrogen and oxygen atoms in total. The van der Waals surface area contributed by atoms with Gasteiger partial charge in [-0.15, -0.1) is 11.3 Å². The number of nitrogens with zero attached hydrogens (tertiary/aromatic N) is 1. The second kappa shape index (κ2) is 5.67. The van der Waals surface area contributed by atoms with E-state index in [9.17, 15) is 0 Å². The van der Waals surface area contributed by atoms with Crippen LogP contribution in [0.4, 0.5) is 0 Å². The molecule has 2 atom stereocenters. The summed E-state index contributed by atoms with van der Waals surface area (Å²) in [5.41, 5.74) is 1.14. The molecule has 0 radical (unpaired) electrons. The minimum atomic E-state index is 0.334. The van der Waals surface area contributed by atoms with E-state index in [0.29, 0.717) is 12.1 Å². The highest BCUT2D eigenvalue weighted by Gasteiger charge is 2.15. The quantitative estimate of drug-likeness (QED) is 0.896. The van der Waals surface area contributed by atoms with E-state index in [1.165, 1.54) is 4.88 Å². The van der Waals surface area contributed by atoms with Crippen LogP contribution in [0, 0.1) is 13.8 Å². The van der Waals surface area contributed by atoms with E-state index in [1.54, 1.807) is 17.6 Å². The molecule has 0 aromatic carbocycles. The number of hydrogen-bond acceptors (Lipinski definition) is 4. The highest BCUT2D eigenvalue weighted by Crippen LogP contribution is 2.24. The molecular weight excluding hydrogens is 244 g/mol. The number of nitrogens with one attached hydrogen (secondary N) is 1. The minimum absolute atomic E-state index is 0.334. The fourth-order valence-electron chi connectivity index (χ4n) is 2.24. The van der Waals surface area contributed by atoms with Crippen LogP contribution in [0.5, 0.6) is 0 Å². The molecule has 2 heterocycles. The van der Waals surface area contributed by atoms with Crippen molar-refractivity contribution >= 4 is 11.3 Å². The molecule has 0 fully saturated rings. The highest BCUT2D eigenvalue weighted by molar-refractivity contribution is 7.11. The molecule has 1 N–H and O–H groups in total. The third-order valence-electron chi connectivity index (χ3n) is 2.95. The van der Waals surface area contributed by atoms with Crippen molar-refractivity contribution in [1.82, 2.24) is 10.3 Å². The monoisotopic (exact) mass is 264 g/mol. The molecule has 0 amide bonds. The lowest BCUT2D eigenvalue weighted by Crippen LogP contribution is -2.30. The SMILES string of the molecule is Cc1nc(C)c(C(C)NC(C)Cc2ccco2)s1. The summed E-state index contributed by atoms with van der Waals surface area (Å²) in [5.74, 6) is 1.03. The Labute approximate surface area is 112 Å². The zero-order chi connectivity index (χ0) is 13.1. The molecule has 0 saturated heterocycles. The summed E-state index contributed by atoms with van der Waals surface area (Å²) in [5, 5.41) is 4.73. The van der Waals surface area contributed by atoms with Gasteiger partial charge < -0.3 is 9.73 Å². The molecule has 0 saturated carbocycles. The maximum Gasteiger partial charge on any atom is 0.105 e. The number of aromatic nitrogens is 1. The van der Waals surface area contributed by atoms with Crippen LogP contribution in [0.25, 0.3) is 0 Å². The second-order valence-electron chi connectivity index (χ2n) is 4.76. The van der Waals surface area contributed by atoms with Crippen molar-refractivity contribution in [2.45, 2.75) is 46.2 Å². The second-order valence-corrected chi connectivity index (χ2v) is 5.99. The van der Waals surface area contributed by atoms with Crippen LogP contribution in [-0.4, -0.2) is 11.0 Å². The molecule has 2 rings (SSSR count). The van der Waals surface area contributed by atoms with Gasteiger partial charge >= 0.3 is 0 Å². The van der Waals surface area contributed by atoms with Crippen LogP contribution < -0.4 is 5.32 Å². The molecular formula is C14H20N2OS. The number of furan rings is 1. The van der Waals surface area contributed by atoms with E-state index in [1.807, 2.05) is 12.1 Å². The molecule has 2 unspecified atom stereocenters.